The van der Waals surface area contributed by atoms with Crippen molar-refractivity contribution >= 4 is 31.5 Å². The fraction of sp³-hybridized carbons (Fsp3) is 0.0612. The largest absolute Gasteiger partial charge is 0.228 e. The van der Waals surface area contributed by atoms with Crippen LogP contribution in [0.4, 0.5) is 0 Å². The van der Waals surface area contributed by atoms with Gasteiger partial charge in [-0.1, -0.05) is 166 Å². The topological polar surface area (TPSA) is 25.8 Å². The van der Waals surface area contributed by atoms with Gasteiger partial charge in [0.1, 0.15) is 0 Å². The van der Waals surface area contributed by atoms with E-state index in [1.165, 1.54) is 64.7 Å². The van der Waals surface area contributed by atoms with Gasteiger partial charge in [0.2, 0.25) is 0 Å². The Balaban J connectivity index is 1.10. The van der Waals surface area contributed by atoms with Gasteiger partial charge in [-0.3, -0.25) is 0 Å². The van der Waals surface area contributed by atoms with Crippen LogP contribution in [0.2, 0.25) is 0 Å². The van der Waals surface area contributed by atoms with Gasteiger partial charge in [0.05, 0.1) is 11.4 Å². The standard InChI is InChI=1S/C49H34N2S/c1-49(2)41-19-11-9-17-37(41)38-26-25-35(29-42(38)49)31-21-23-32(24-22-31)36-27-28-39(47-46(36)40-18-10-12-20-45(40)52-47)44-30-43(33-13-5-3-6-14-33)50-48(51-44)34-15-7-4-8-16-34/h3-30H,1-2H3. The molecule has 3 heteroatoms. The quantitative estimate of drug-likeness (QED) is 0.181. The van der Waals surface area contributed by atoms with Crippen LogP contribution in [0.15, 0.2) is 170 Å². The maximum Gasteiger partial charge on any atom is 0.160 e. The van der Waals surface area contributed by atoms with Gasteiger partial charge < -0.3 is 0 Å². The molecule has 10 rings (SSSR count). The third-order valence-electron chi connectivity index (χ3n) is 10.7. The zero-order valence-electron chi connectivity index (χ0n) is 29.0. The maximum absolute atomic E-state index is 5.21. The Hall–Kier alpha value is -6.16. The molecule has 0 spiro atoms. The van der Waals surface area contributed by atoms with Gasteiger partial charge in [-0.15, -0.1) is 11.3 Å². The summed E-state index contributed by atoms with van der Waals surface area (Å²) in [6.07, 6.45) is 0. The zero-order valence-corrected chi connectivity index (χ0v) is 29.8. The average molecular weight is 683 g/mol. The number of hydrogen-bond acceptors (Lipinski definition) is 3. The highest BCUT2D eigenvalue weighted by Gasteiger charge is 2.35. The van der Waals surface area contributed by atoms with Crippen LogP contribution in [0.25, 0.3) is 87.5 Å². The lowest BCUT2D eigenvalue weighted by Crippen LogP contribution is -2.14. The molecule has 0 radical (unpaired) electrons. The summed E-state index contributed by atoms with van der Waals surface area (Å²) in [5.41, 5.74) is 15.4. The van der Waals surface area contributed by atoms with Gasteiger partial charge in [0, 0.05) is 42.3 Å². The van der Waals surface area contributed by atoms with Gasteiger partial charge >= 0.3 is 0 Å². The minimum atomic E-state index is -0.0252. The van der Waals surface area contributed by atoms with Crippen LogP contribution in [-0.4, -0.2) is 9.97 Å². The number of aromatic nitrogens is 2. The van der Waals surface area contributed by atoms with E-state index in [1.54, 1.807) is 0 Å². The fourth-order valence-corrected chi connectivity index (χ4v) is 9.31. The van der Waals surface area contributed by atoms with Gasteiger partial charge in [-0.2, -0.15) is 0 Å². The number of nitrogens with zero attached hydrogens (tertiary/aromatic N) is 2. The summed E-state index contributed by atoms with van der Waals surface area (Å²) >= 11 is 1.84. The SMILES string of the molecule is CC1(C)c2ccccc2-c2ccc(-c3ccc(-c4ccc(-c5cc(-c6ccccc6)nc(-c6ccccc6)n5)c5sc6ccccc6c45)cc3)cc21. The Morgan fingerprint density at radius 2 is 1.02 bits per heavy atom. The van der Waals surface area contributed by atoms with Gasteiger partial charge in [0.25, 0.3) is 0 Å². The second-order valence-corrected chi connectivity index (χ2v) is 15.2. The first-order valence-corrected chi connectivity index (χ1v) is 18.6. The summed E-state index contributed by atoms with van der Waals surface area (Å²) in [6, 6.07) is 61.1. The Morgan fingerprint density at radius 1 is 0.423 bits per heavy atom. The van der Waals surface area contributed by atoms with E-state index in [4.69, 9.17) is 9.97 Å². The second kappa shape index (κ2) is 12.0. The Bertz CT molecular complexity index is 2740. The molecule has 0 bridgehead atoms. The van der Waals surface area contributed by atoms with E-state index in [0.717, 1.165) is 33.9 Å². The number of rotatable bonds is 5. The number of thiophene rings is 1. The molecule has 2 heterocycles. The van der Waals surface area contributed by atoms with Crippen LogP contribution in [0.1, 0.15) is 25.0 Å². The molecule has 1 aliphatic carbocycles. The van der Waals surface area contributed by atoms with E-state index in [9.17, 15) is 0 Å². The number of hydrogen-bond donors (Lipinski definition) is 0. The first-order chi connectivity index (χ1) is 25.5. The van der Waals surface area contributed by atoms with Crippen molar-refractivity contribution in [3.05, 3.63) is 181 Å². The van der Waals surface area contributed by atoms with Crippen molar-refractivity contribution in [2.45, 2.75) is 19.3 Å². The fourth-order valence-electron chi connectivity index (χ4n) is 8.05. The summed E-state index contributed by atoms with van der Waals surface area (Å²) in [5, 5.41) is 2.54. The summed E-state index contributed by atoms with van der Waals surface area (Å²) in [4.78, 5) is 10.3. The third-order valence-corrected chi connectivity index (χ3v) is 11.9. The predicted molar refractivity (Wildman–Crippen MR) is 220 cm³/mol. The Morgan fingerprint density at radius 3 is 1.83 bits per heavy atom. The predicted octanol–water partition coefficient (Wildman–Crippen LogP) is 13.5. The van der Waals surface area contributed by atoms with E-state index >= 15 is 0 Å². The van der Waals surface area contributed by atoms with Crippen LogP contribution in [-0.2, 0) is 5.41 Å². The highest BCUT2D eigenvalue weighted by atomic mass is 32.1. The molecule has 52 heavy (non-hydrogen) atoms. The molecule has 0 aliphatic heterocycles. The highest BCUT2D eigenvalue weighted by molar-refractivity contribution is 7.26. The van der Waals surface area contributed by atoms with Crippen molar-refractivity contribution < 1.29 is 0 Å². The Labute approximate surface area is 307 Å². The summed E-state index contributed by atoms with van der Waals surface area (Å²) < 4.78 is 2.50. The van der Waals surface area contributed by atoms with Crippen molar-refractivity contribution in [2.75, 3.05) is 0 Å². The van der Waals surface area contributed by atoms with Gasteiger partial charge in [0.15, 0.2) is 5.82 Å². The van der Waals surface area contributed by atoms with E-state index in [0.29, 0.717) is 0 Å². The molecule has 2 aromatic heterocycles. The zero-order chi connectivity index (χ0) is 34.8. The van der Waals surface area contributed by atoms with E-state index in [-0.39, 0.29) is 5.41 Å². The summed E-state index contributed by atoms with van der Waals surface area (Å²) in [7, 11) is 0. The molecule has 0 atom stereocenters. The lowest BCUT2D eigenvalue weighted by molar-refractivity contribution is 0.660. The average Bonchev–Trinajstić information content (AvgIpc) is 3.71. The molecule has 0 amide bonds. The second-order valence-electron chi connectivity index (χ2n) is 14.2. The number of benzene rings is 7. The van der Waals surface area contributed by atoms with Crippen LogP contribution >= 0.6 is 11.3 Å². The monoisotopic (exact) mass is 682 g/mol. The van der Waals surface area contributed by atoms with Crippen LogP contribution in [0.3, 0.4) is 0 Å². The molecule has 0 N–H and O–H groups in total. The first-order valence-electron chi connectivity index (χ1n) is 17.8. The molecule has 9 aromatic rings. The first kappa shape index (κ1) is 30.6. The van der Waals surface area contributed by atoms with E-state index in [1.807, 2.05) is 35.6 Å². The summed E-state index contributed by atoms with van der Waals surface area (Å²) in [5.74, 6) is 0.727. The molecule has 0 unspecified atom stereocenters. The number of fused-ring (bicyclic) bond motifs is 6. The van der Waals surface area contributed by atoms with Crippen LogP contribution in [0.5, 0.6) is 0 Å². The molecule has 7 aromatic carbocycles. The molecule has 0 saturated carbocycles. The molecule has 0 saturated heterocycles. The third kappa shape index (κ3) is 4.92. The van der Waals surface area contributed by atoms with Gasteiger partial charge in [-0.25, -0.2) is 9.97 Å². The smallest absolute Gasteiger partial charge is 0.160 e. The van der Waals surface area contributed by atoms with Crippen molar-refractivity contribution in [3.63, 3.8) is 0 Å². The highest BCUT2D eigenvalue weighted by Crippen LogP contribution is 2.50. The minimum absolute atomic E-state index is 0.0252. The molecular weight excluding hydrogens is 649 g/mol. The van der Waals surface area contributed by atoms with E-state index in [2.05, 4.69) is 159 Å². The molecule has 0 fully saturated rings. The molecule has 246 valence electrons. The maximum atomic E-state index is 5.21. The van der Waals surface area contributed by atoms with E-state index < -0.39 is 0 Å². The lowest BCUT2D eigenvalue weighted by Gasteiger charge is -2.22. The lowest BCUT2D eigenvalue weighted by atomic mass is 9.81. The minimum Gasteiger partial charge on any atom is -0.228 e. The van der Waals surface area contributed by atoms with Crippen LogP contribution < -0.4 is 0 Å². The summed E-state index contributed by atoms with van der Waals surface area (Å²) in [6.45, 7) is 4.69. The normalized spacial score (nSPS) is 13.0. The van der Waals surface area contributed by atoms with Crippen molar-refractivity contribution in [1.29, 1.82) is 0 Å². The Kier molecular flexibility index (Phi) is 7.06. The van der Waals surface area contributed by atoms with Crippen molar-refractivity contribution in [1.82, 2.24) is 9.97 Å². The molecule has 2 nitrogen and oxygen atoms in total. The molecular formula is C49H34N2S. The van der Waals surface area contributed by atoms with Crippen molar-refractivity contribution in [3.8, 4) is 67.3 Å². The van der Waals surface area contributed by atoms with Crippen molar-refractivity contribution in [2.24, 2.45) is 0 Å². The molecule has 1 aliphatic rings. The van der Waals surface area contributed by atoms with Crippen LogP contribution in [0, 0.1) is 0 Å². The van der Waals surface area contributed by atoms with Gasteiger partial charge in [-0.05, 0) is 62.7 Å².